The number of anilines is 3. The van der Waals surface area contributed by atoms with Gasteiger partial charge in [-0.3, -0.25) is 0 Å². The van der Waals surface area contributed by atoms with Gasteiger partial charge in [-0.2, -0.15) is 0 Å². The van der Waals surface area contributed by atoms with Crippen molar-refractivity contribution in [2.45, 2.75) is 19.3 Å². The lowest BCUT2D eigenvalue weighted by Crippen LogP contribution is -2.16. The number of hydrogen-bond acceptors (Lipinski definition) is 1. The highest BCUT2D eigenvalue weighted by molar-refractivity contribution is 5.98. The summed E-state index contributed by atoms with van der Waals surface area (Å²) in [7, 11) is 0. The van der Waals surface area contributed by atoms with Gasteiger partial charge in [0.2, 0.25) is 0 Å². The molecule has 11 rings (SSSR count). The maximum absolute atomic E-state index is 2.45. The van der Waals surface area contributed by atoms with Crippen LogP contribution in [0.25, 0.3) is 77.5 Å². The van der Waals surface area contributed by atoms with Crippen LogP contribution >= 0.6 is 0 Å². The highest BCUT2D eigenvalue weighted by atomic mass is 15.1. The van der Waals surface area contributed by atoms with Gasteiger partial charge in [0.25, 0.3) is 0 Å². The van der Waals surface area contributed by atoms with Crippen LogP contribution < -0.4 is 4.90 Å². The molecule has 1 heteroatoms. The fraction of sp³-hybridized carbons (Fsp3) is 0.0492. The first-order chi connectivity index (χ1) is 30.5. The van der Waals surface area contributed by atoms with Gasteiger partial charge in [0.05, 0.1) is 0 Å². The van der Waals surface area contributed by atoms with Crippen molar-refractivity contribution in [1.29, 1.82) is 0 Å². The predicted molar refractivity (Wildman–Crippen MR) is 263 cm³/mol. The van der Waals surface area contributed by atoms with Crippen molar-refractivity contribution in [3.05, 3.63) is 248 Å². The van der Waals surface area contributed by atoms with Gasteiger partial charge in [-0.25, -0.2) is 0 Å². The first kappa shape index (κ1) is 37.3. The number of benzene rings is 10. The first-order valence-corrected chi connectivity index (χ1v) is 21.6. The smallest absolute Gasteiger partial charge is 0.0468 e. The minimum Gasteiger partial charge on any atom is -0.310 e. The molecule has 1 aliphatic rings. The predicted octanol–water partition coefficient (Wildman–Crippen LogP) is 17.0. The van der Waals surface area contributed by atoms with Crippen molar-refractivity contribution < 1.29 is 0 Å². The highest BCUT2D eigenvalue weighted by Gasteiger charge is 2.35. The van der Waals surface area contributed by atoms with Gasteiger partial charge in [-0.05, 0) is 125 Å². The second kappa shape index (κ2) is 15.4. The fourth-order valence-corrected chi connectivity index (χ4v) is 9.75. The maximum Gasteiger partial charge on any atom is 0.0468 e. The molecule has 1 nitrogen and oxygen atoms in total. The molecule has 0 aromatic heterocycles. The van der Waals surface area contributed by atoms with E-state index >= 15 is 0 Å². The molecule has 0 fully saturated rings. The highest BCUT2D eigenvalue weighted by Crippen LogP contribution is 2.51. The molecule has 0 amide bonds. The Hall–Kier alpha value is -7.74. The van der Waals surface area contributed by atoms with E-state index < -0.39 is 0 Å². The topological polar surface area (TPSA) is 3.24 Å². The molecule has 294 valence electrons. The van der Waals surface area contributed by atoms with Crippen molar-refractivity contribution in [2.75, 3.05) is 4.90 Å². The van der Waals surface area contributed by atoms with Crippen molar-refractivity contribution in [1.82, 2.24) is 0 Å². The Morgan fingerprint density at radius 2 is 0.726 bits per heavy atom. The third kappa shape index (κ3) is 6.51. The molecule has 0 spiro atoms. The summed E-state index contributed by atoms with van der Waals surface area (Å²) in [6.07, 6.45) is 0. The third-order valence-corrected chi connectivity index (χ3v) is 12.9. The molecule has 0 aliphatic heterocycles. The first-order valence-electron chi connectivity index (χ1n) is 21.6. The van der Waals surface area contributed by atoms with Crippen LogP contribution in [0.3, 0.4) is 0 Å². The lowest BCUT2D eigenvalue weighted by atomic mass is 9.82. The number of nitrogens with zero attached hydrogens (tertiary/aromatic N) is 1. The summed E-state index contributed by atoms with van der Waals surface area (Å²) in [5.41, 5.74) is 20.6. The monoisotopic (exact) mass is 791 g/mol. The van der Waals surface area contributed by atoms with Crippen LogP contribution in [0.5, 0.6) is 0 Å². The molecule has 0 atom stereocenters. The minimum absolute atomic E-state index is 0.136. The van der Waals surface area contributed by atoms with Gasteiger partial charge < -0.3 is 4.90 Å². The standard InChI is InChI=1S/C61H45N/c1-61(2)59-27-14-13-25-56(59)57-39-37-50(41-60(57)61)62(48-34-32-46(33-35-48)52-26-15-21-45-20-9-10-22-51(45)52)49-36-38-55(54-24-12-11-23-53(54)44-18-7-4-8-19-44)58(40-49)47-30-28-43(29-31-47)42-16-5-3-6-17-42/h3-41H,1-2H3. The third-order valence-electron chi connectivity index (χ3n) is 12.9. The Labute approximate surface area is 364 Å². The zero-order valence-electron chi connectivity index (χ0n) is 35.0. The largest absolute Gasteiger partial charge is 0.310 e. The molecule has 62 heavy (non-hydrogen) atoms. The van der Waals surface area contributed by atoms with Gasteiger partial charge in [0.15, 0.2) is 0 Å². The van der Waals surface area contributed by atoms with E-state index in [2.05, 4.69) is 255 Å². The summed E-state index contributed by atoms with van der Waals surface area (Å²) >= 11 is 0. The van der Waals surface area contributed by atoms with Gasteiger partial charge in [0.1, 0.15) is 0 Å². The summed E-state index contributed by atoms with van der Waals surface area (Å²) in [5.74, 6) is 0. The van der Waals surface area contributed by atoms with E-state index in [1.54, 1.807) is 0 Å². The van der Waals surface area contributed by atoms with Crippen LogP contribution in [-0.2, 0) is 5.41 Å². The molecule has 0 N–H and O–H groups in total. The van der Waals surface area contributed by atoms with Crippen LogP contribution in [0.15, 0.2) is 237 Å². The van der Waals surface area contributed by atoms with Crippen molar-refractivity contribution in [3.63, 3.8) is 0 Å². The Bertz CT molecular complexity index is 3230. The molecule has 1 aliphatic carbocycles. The lowest BCUT2D eigenvalue weighted by Gasteiger charge is -2.29. The number of rotatable bonds is 8. The molecule has 0 unspecified atom stereocenters. The molecular formula is C61H45N. The molecule has 10 aromatic rings. The van der Waals surface area contributed by atoms with Crippen LogP contribution in [0, 0.1) is 0 Å². The summed E-state index contributed by atoms with van der Waals surface area (Å²) in [5, 5.41) is 2.50. The van der Waals surface area contributed by atoms with Crippen molar-refractivity contribution in [3.8, 4) is 66.8 Å². The van der Waals surface area contributed by atoms with Gasteiger partial charge in [0, 0.05) is 22.5 Å². The average molecular weight is 792 g/mol. The molecule has 0 bridgehead atoms. The SMILES string of the molecule is CC1(C)c2ccccc2-c2ccc(N(c3ccc(-c4cccc5ccccc45)cc3)c3ccc(-c4ccccc4-c4ccccc4)c(-c4ccc(-c5ccccc5)cc4)c3)cc21. The van der Waals surface area contributed by atoms with E-state index in [0.717, 1.165) is 17.1 Å². The molecular weight excluding hydrogens is 747 g/mol. The molecule has 0 heterocycles. The summed E-state index contributed by atoms with van der Waals surface area (Å²) in [6.45, 7) is 4.72. The Morgan fingerprint density at radius 1 is 0.274 bits per heavy atom. The van der Waals surface area contributed by atoms with Crippen LogP contribution in [0.1, 0.15) is 25.0 Å². The zero-order chi connectivity index (χ0) is 41.6. The number of fused-ring (bicyclic) bond motifs is 4. The normalized spacial score (nSPS) is 12.5. The van der Waals surface area contributed by atoms with Gasteiger partial charge in [-0.15, -0.1) is 0 Å². The van der Waals surface area contributed by atoms with Crippen LogP contribution in [-0.4, -0.2) is 0 Å². The van der Waals surface area contributed by atoms with Gasteiger partial charge >= 0.3 is 0 Å². The van der Waals surface area contributed by atoms with E-state index in [4.69, 9.17) is 0 Å². The maximum atomic E-state index is 2.45. The van der Waals surface area contributed by atoms with E-state index in [-0.39, 0.29) is 5.41 Å². The van der Waals surface area contributed by atoms with E-state index in [1.807, 2.05) is 0 Å². The average Bonchev–Trinajstić information content (AvgIpc) is 3.57. The van der Waals surface area contributed by atoms with Crippen molar-refractivity contribution in [2.24, 2.45) is 0 Å². The van der Waals surface area contributed by atoms with Gasteiger partial charge in [-0.1, -0.05) is 214 Å². The Morgan fingerprint density at radius 3 is 1.48 bits per heavy atom. The summed E-state index contributed by atoms with van der Waals surface area (Å²) < 4.78 is 0. The molecule has 0 saturated carbocycles. The second-order valence-corrected chi connectivity index (χ2v) is 16.9. The summed E-state index contributed by atoms with van der Waals surface area (Å²) in [6, 6.07) is 86.7. The molecule has 0 radical (unpaired) electrons. The molecule has 10 aromatic carbocycles. The zero-order valence-corrected chi connectivity index (χ0v) is 35.0. The van der Waals surface area contributed by atoms with E-state index in [9.17, 15) is 0 Å². The van der Waals surface area contributed by atoms with E-state index in [1.165, 1.54) is 88.7 Å². The Balaban J connectivity index is 1.11. The minimum atomic E-state index is -0.136. The lowest BCUT2D eigenvalue weighted by molar-refractivity contribution is 0.660. The quantitative estimate of drug-likeness (QED) is 0.148. The fourth-order valence-electron chi connectivity index (χ4n) is 9.75. The van der Waals surface area contributed by atoms with Crippen molar-refractivity contribution >= 4 is 27.8 Å². The molecule has 0 saturated heterocycles. The number of hydrogen-bond donors (Lipinski definition) is 0. The Kier molecular flexibility index (Phi) is 9.24. The summed E-state index contributed by atoms with van der Waals surface area (Å²) in [4.78, 5) is 2.45. The van der Waals surface area contributed by atoms with Crippen LogP contribution in [0.2, 0.25) is 0 Å². The second-order valence-electron chi connectivity index (χ2n) is 16.9. The van der Waals surface area contributed by atoms with Crippen LogP contribution in [0.4, 0.5) is 17.1 Å². The van der Waals surface area contributed by atoms with E-state index in [0.29, 0.717) is 0 Å².